The minimum Gasteiger partial charge on any atom is -0.546 e. The largest absolute Gasteiger partial charge is 0.546 e. The highest BCUT2D eigenvalue weighted by atomic mass is 28.4. The highest BCUT2D eigenvalue weighted by Crippen LogP contribution is 2.37. The fourth-order valence-corrected chi connectivity index (χ4v) is 3.60. The summed E-state index contributed by atoms with van der Waals surface area (Å²) in [5, 5.41) is 0. The molecule has 0 spiro atoms. The first-order valence-electron chi connectivity index (χ1n) is 6.86. The molecule has 0 atom stereocenters. The van der Waals surface area contributed by atoms with Gasteiger partial charge in [0.05, 0.1) is 0 Å². The molecule has 0 saturated carbocycles. The molecular weight excluding hydrogens is 270 g/mol. The van der Waals surface area contributed by atoms with E-state index in [1.807, 2.05) is 11.9 Å². The Morgan fingerprint density at radius 3 is 1.84 bits per heavy atom. The summed E-state index contributed by atoms with van der Waals surface area (Å²) >= 11 is 0. The Bertz CT molecular complexity index is 401. The molecule has 1 aliphatic heterocycles. The summed E-state index contributed by atoms with van der Waals surface area (Å²) in [4.78, 5) is 2.04. The predicted molar refractivity (Wildman–Crippen MR) is 86.6 cm³/mol. The molecule has 0 aromatic carbocycles. The molecule has 0 radical (unpaired) electrons. The minimum absolute atomic E-state index is 0.109. The van der Waals surface area contributed by atoms with Gasteiger partial charge in [-0.25, -0.2) is 0 Å². The van der Waals surface area contributed by atoms with Crippen LogP contribution >= 0.6 is 0 Å². The molecule has 0 unspecified atom stereocenters. The van der Waals surface area contributed by atoms with Crippen LogP contribution in [-0.2, 0) is 8.85 Å². The first-order valence-corrected chi connectivity index (χ1v) is 13.7. The Morgan fingerprint density at radius 2 is 1.42 bits per heavy atom. The van der Waals surface area contributed by atoms with Crippen molar-refractivity contribution in [2.75, 3.05) is 7.05 Å². The van der Waals surface area contributed by atoms with E-state index in [1.165, 1.54) is 0 Å². The van der Waals surface area contributed by atoms with Crippen LogP contribution in [0.3, 0.4) is 0 Å². The van der Waals surface area contributed by atoms with Gasteiger partial charge in [-0.15, -0.1) is 0 Å². The van der Waals surface area contributed by atoms with Crippen molar-refractivity contribution < 1.29 is 8.85 Å². The van der Waals surface area contributed by atoms with Gasteiger partial charge in [0.2, 0.25) is 16.6 Å². The van der Waals surface area contributed by atoms with E-state index in [0.717, 1.165) is 11.6 Å². The second-order valence-corrected chi connectivity index (χ2v) is 16.6. The SMILES string of the molecule is CN1C=C(O[Si](C)(C)C)C(C)(C)C=C1O[Si](C)(C)C. The van der Waals surface area contributed by atoms with Gasteiger partial charge in [0.25, 0.3) is 0 Å². The van der Waals surface area contributed by atoms with Crippen molar-refractivity contribution in [1.29, 1.82) is 0 Å². The Kier molecular flexibility index (Phi) is 4.32. The van der Waals surface area contributed by atoms with Crippen molar-refractivity contribution >= 4 is 16.6 Å². The van der Waals surface area contributed by atoms with Gasteiger partial charge >= 0.3 is 0 Å². The van der Waals surface area contributed by atoms with Crippen molar-refractivity contribution in [1.82, 2.24) is 4.90 Å². The Morgan fingerprint density at radius 1 is 0.947 bits per heavy atom. The number of allylic oxidation sites excluding steroid dienone is 1. The van der Waals surface area contributed by atoms with E-state index in [2.05, 4.69) is 65.4 Å². The van der Waals surface area contributed by atoms with E-state index < -0.39 is 16.6 Å². The Hall–Kier alpha value is -0.686. The van der Waals surface area contributed by atoms with Crippen molar-refractivity contribution in [3.63, 3.8) is 0 Å². The van der Waals surface area contributed by atoms with Crippen LogP contribution in [0.2, 0.25) is 39.3 Å². The molecule has 0 aliphatic carbocycles. The molecule has 110 valence electrons. The van der Waals surface area contributed by atoms with Crippen LogP contribution in [0, 0.1) is 5.41 Å². The van der Waals surface area contributed by atoms with Crippen LogP contribution in [0.5, 0.6) is 0 Å². The van der Waals surface area contributed by atoms with Crippen LogP contribution in [0.4, 0.5) is 0 Å². The molecule has 19 heavy (non-hydrogen) atoms. The third kappa shape index (κ3) is 5.06. The van der Waals surface area contributed by atoms with Crippen LogP contribution < -0.4 is 0 Å². The van der Waals surface area contributed by atoms with Crippen LogP contribution in [0.15, 0.2) is 23.9 Å². The topological polar surface area (TPSA) is 21.7 Å². The summed E-state index contributed by atoms with van der Waals surface area (Å²) in [5.74, 6) is 1.99. The van der Waals surface area contributed by atoms with Gasteiger partial charge < -0.3 is 13.8 Å². The average molecular weight is 300 g/mol. The maximum atomic E-state index is 6.21. The molecule has 0 aromatic rings. The molecule has 0 N–H and O–H groups in total. The summed E-state index contributed by atoms with van der Waals surface area (Å²) < 4.78 is 12.4. The molecule has 1 heterocycles. The van der Waals surface area contributed by atoms with E-state index >= 15 is 0 Å². The summed E-state index contributed by atoms with van der Waals surface area (Å²) in [6, 6.07) is 0. The Labute approximate surface area is 120 Å². The zero-order valence-corrected chi connectivity index (χ0v) is 15.9. The highest BCUT2D eigenvalue weighted by Gasteiger charge is 2.34. The molecule has 0 bridgehead atoms. The first-order chi connectivity index (χ1) is 8.30. The van der Waals surface area contributed by atoms with Crippen LogP contribution in [0.25, 0.3) is 0 Å². The lowest BCUT2D eigenvalue weighted by Crippen LogP contribution is -2.36. The standard InChI is InChI=1S/C14H29NO2Si2/c1-14(2)10-13(17-19(7,8)9)15(3)11-12(14)16-18(4,5)6/h10-11H,1-9H3. The average Bonchev–Trinajstić information content (AvgIpc) is 2.08. The molecule has 0 saturated heterocycles. The lowest BCUT2D eigenvalue weighted by Gasteiger charge is -2.38. The molecular formula is C14H29NO2Si2. The second kappa shape index (κ2) is 5.01. The van der Waals surface area contributed by atoms with E-state index in [4.69, 9.17) is 8.85 Å². The zero-order chi connectivity index (χ0) is 15.1. The van der Waals surface area contributed by atoms with Gasteiger partial charge in [-0.3, -0.25) is 0 Å². The predicted octanol–water partition coefficient (Wildman–Crippen LogP) is 4.34. The summed E-state index contributed by atoms with van der Waals surface area (Å²) in [5.41, 5.74) is -0.109. The third-order valence-corrected chi connectivity index (χ3v) is 4.26. The fourth-order valence-electron chi connectivity index (χ4n) is 1.79. The summed E-state index contributed by atoms with van der Waals surface area (Å²) in [6.07, 6.45) is 4.26. The monoisotopic (exact) mass is 299 g/mol. The molecule has 1 aliphatic rings. The van der Waals surface area contributed by atoms with Gasteiger partial charge in [-0.2, -0.15) is 0 Å². The van der Waals surface area contributed by atoms with E-state index in [1.54, 1.807) is 0 Å². The molecule has 5 heteroatoms. The van der Waals surface area contributed by atoms with Gasteiger partial charge in [0, 0.05) is 18.7 Å². The Balaban J connectivity index is 2.97. The number of rotatable bonds is 4. The normalized spacial score (nSPS) is 19.7. The zero-order valence-electron chi connectivity index (χ0n) is 13.9. The fraction of sp³-hybridized carbons (Fsp3) is 0.714. The summed E-state index contributed by atoms with van der Waals surface area (Å²) in [7, 11) is -1.15. The van der Waals surface area contributed by atoms with Gasteiger partial charge in [-0.1, -0.05) is 0 Å². The third-order valence-electron chi connectivity index (χ3n) is 2.60. The quantitative estimate of drug-likeness (QED) is 0.721. The smallest absolute Gasteiger partial charge is 0.244 e. The lowest BCUT2D eigenvalue weighted by atomic mass is 9.89. The van der Waals surface area contributed by atoms with Crippen molar-refractivity contribution in [2.24, 2.45) is 5.41 Å². The summed E-state index contributed by atoms with van der Waals surface area (Å²) in [6.45, 7) is 17.6. The first kappa shape index (κ1) is 16.4. The van der Waals surface area contributed by atoms with Crippen molar-refractivity contribution in [2.45, 2.75) is 53.1 Å². The van der Waals surface area contributed by atoms with E-state index in [-0.39, 0.29) is 5.41 Å². The van der Waals surface area contributed by atoms with Gasteiger partial charge in [-0.05, 0) is 59.2 Å². The minimum atomic E-state index is -1.59. The van der Waals surface area contributed by atoms with Crippen LogP contribution in [-0.4, -0.2) is 28.6 Å². The molecule has 0 fully saturated rings. The van der Waals surface area contributed by atoms with Crippen LogP contribution in [0.1, 0.15) is 13.8 Å². The van der Waals surface area contributed by atoms with Crippen molar-refractivity contribution in [3.05, 3.63) is 23.9 Å². The number of hydrogen-bond donors (Lipinski definition) is 0. The van der Waals surface area contributed by atoms with Gasteiger partial charge in [0.15, 0.2) is 5.88 Å². The number of hydrogen-bond acceptors (Lipinski definition) is 3. The molecule has 3 nitrogen and oxygen atoms in total. The maximum absolute atomic E-state index is 6.21. The van der Waals surface area contributed by atoms with E-state index in [0.29, 0.717) is 0 Å². The lowest BCUT2D eigenvalue weighted by molar-refractivity contribution is 0.228. The van der Waals surface area contributed by atoms with E-state index in [9.17, 15) is 0 Å². The highest BCUT2D eigenvalue weighted by molar-refractivity contribution is 6.70. The van der Waals surface area contributed by atoms with Crippen molar-refractivity contribution in [3.8, 4) is 0 Å². The second-order valence-electron chi connectivity index (χ2n) is 7.74. The number of nitrogens with zero attached hydrogens (tertiary/aromatic N) is 1. The molecule has 0 amide bonds. The van der Waals surface area contributed by atoms with Gasteiger partial charge in [0.1, 0.15) is 5.76 Å². The maximum Gasteiger partial charge on any atom is 0.244 e. The molecule has 1 rings (SSSR count). The molecule has 0 aromatic heterocycles.